The maximum atomic E-state index is 12.1. The van der Waals surface area contributed by atoms with Crippen LogP contribution in [0.15, 0.2) is 29.2 Å². The van der Waals surface area contributed by atoms with Crippen LogP contribution in [0, 0.1) is 6.92 Å². The number of nitrogens with one attached hydrogen (secondary N) is 1. The van der Waals surface area contributed by atoms with Crippen LogP contribution in [-0.2, 0) is 14.8 Å². The largest absolute Gasteiger partial charge is 0.341 e. The average molecular weight is 296 g/mol. The molecule has 1 N–H and O–H groups in total. The van der Waals surface area contributed by atoms with Crippen LogP contribution >= 0.6 is 0 Å². The third kappa shape index (κ3) is 3.80. The molecule has 1 fully saturated rings. The number of benzene rings is 1. The summed E-state index contributed by atoms with van der Waals surface area (Å²) in [6.07, 6.45) is 2.51. The fraction of sp³-hybridized carbons (Fsp3) is 0.500. The standard InChI is InChI=1S/C14H20N2O3S/c1-12-5-7-13(8-6-12)20(18,19)15-9-11-16-10-3-2-4-14(16)17/h5-8,15H,2-4,9-11H2,1H3. The molecule has 6 heteroatoms. The number of rotatable bonds is 5. The van der Waals surface area contributed by atoms with E-state index in [2.05, 4.69) is 4.72 Å². The van der Waals surface area contributed by atoms with E-state index >= 15 is 0 Å². The minimum absolute atomic E-state index is 0.116. The first-order valence-electron chi connectivity index (χ1n) is 6.83. The molecule has 1 saturated heterocycles. The molecule has 1 aliphatic rings. The molecular weight excluding hydrogens is 276 g/mol. The number of amides is 1. The van der Waals surface area contributed by atoms with Crippen molar-refractivity contribution in [3.63, 3.8) is 0 Å². The Labute approximate surface area is 120 Å². The number of hydrogen-bond donors (Lipinski definition) is 1. The molecule has 0 aromatic heterocycles. The van der Waals surface area contributed by atoms with Crippen LogP contribution in [0.5, 0.6) is 0 Å². The lowest BCUT2D eigenvalue weighted by atomic mass is 10.1. The monoisotopic (exact) mass is 296 g/mol. The number of carbonyl (C=O) groups is 1. The molecule has 1 amide bonds. The van der Waals surface area contributed by atoms with Crippen molar-refractivity contribution in [3.8, 4) is 0 Å². The summed E-state index contributed by atoms with van der Waals surface area (Å²) in [5, 5.41) is 0. The van der Waals surface area contributed by atoms with E-state index < -0.39 is 10.0 Å². The molecule has 1 aromatic rings. The molecule has 1 aliphatic heterocycles. The Morgan fingerprint density at radius 1 is 1.20 bits per heavy atom. The highest BCUT2D eigenvalue weighted by Crippen LogP contribution is 2.11. The van der Waals surface area contributed by atoms with E-state index in [4.69, 9.17) is 0 Å². The first-order valence-corrected chi connectivity index (χ1v) is 8.31. The van der Waals surface area contributed by atoms with Crippen LogP contribution in [0.2, 0.25) is 0 Å². The first kappa shape index (κ1) is 15.0. The van der Waals surface area contributed by atoms with E-state index in [9.17, 15) is 13.2 Å². The molecule has 5 nitrogen and oxygen atoms in total. The van der Waals surface area contributed by atoms with Crippen LogP contribution in [0.25, 0.3) is 0 Å². The van der Waals surface area contributed by atoms with Crippen LogP contribution < -0.4 is 4.72 Å². The van der Waals surface area contributed by atoms with E-state index in [1.807, 2.05) is 6.92 Å². The van der Waals surface area contributed by atoms with Crippen molar-refractivity contribution in [3.05, 3.63) is 29.8 Å². The minimum Gasteiger partial charge on any atom is -0.341 e. The predicted octanol–water partition coefficient (Wildman–Crippen LogP) is 1.29. The zero-order chi connectivity index (χ0) is 14.6. The molecular formula is C14H20N2O3S. The van der Waals surface area contributed by atoms with Gasteiger partial charge in [0.25, 0.3) is 0 Å². The van der Waals surface area contributed by atoms with Crippen LogP contribution in [0.1, 0.15) is 24.8 Å². The summed E-state index contributed by atoms with van der Waals surface area (Å²) < 4.78 is 26.6. The van der Waals surface area contributed by atoms with Gasteiger partial charge in [0.15, 0.2) is 0 Å². The average Bonchev–Trinajstić information content (AvgIpc) is 2.41. The van der Waals surface area contributed by atoms with Gasteiger partial charge in [0, 0.05) is 26.1 Å². The zero-order valence-corrected chi connectivity index (χ0v) is 12.4. The highest BCUT2D eigenvalue weighted by Gasteiger charge is 2.19. The van der Waals surface area contributed by atoms with Gasteiger partial charge in [0.2, 0.25) is 15.9 Å². The second-order valence-electron chi connectivity index (χ2n) is 5.05. The maximum absolute atomic E-state index is 12.1. The summed E-state index contributed by atoms with van der Waals surface area (Å²) >= 11 is 0. The topological polar surface area (TPSA) is 66.5 Å². The normalized spacial score (nSPS) is 16.4. The lowest BCUT2D eigenvalue weighted by Gasteiger charge is -2.26. The van der Waals surface area contributed by atoms with Crippen LogP contribution in [0.4, 0.5) is 0 Å². The lowest BCUT2D eigenvalue weighted by molar-refractivity contribution is -0.133. The molecule has 20 heavy (non-hydrogen) atoms. The Hall–Kier alpha value is -1.40. The molecule has 0 radical (unpaired) electrons. The molecule has 0 bridgehead atoms. The molecule has 0 unspecified atom stereocenters. The zero-order valence-electron chi connectivity index (χ0n) is 11.6. The second kappa shape index (κ2) is 6.37. The third-order valence-electron chi connectivity index (χ3n) is 3.43. The van der Waals surface area contributed by atoms with Crippen molar-refractivity contribution in [1.82, 2.24) is 9.62 Å². The van der Waals surface area contributed by atoms with Crippen molar-refractivity contribution < 1.29 is 13.2 Å². The van der Waals surface area contributed by atoms with Gasteiger partial charge >= 0.3 is 0 Å². The molecule has 1 heterocycles. The number of aryl methyl sites for hydroxylation is 1. The van der Waals surface area contributed by atoms with E-state index in [0.717, 1.165) is 24.9 Å². The number of hydrogen-bond acceptors (Lipinski definition) is 3. The molecule has 0 spiro atoms. The summed E-state index contributed by atoms with van der Waals surface area (Å²) in [4.78, 5) is 13.6. The van der Waals surface area contributed by atoms with Crippen molar-refractivity contribution in [2.45, 2.75) is 31.1 Å². The van der Waals surface area contributed by atoms with E-state index in [1.54, 1.807) is 29.2 Å². The van der Waals surface area contributed by atoms with E-state index in [1.165, 1.54) is 0 Å². The summed E-state index contributed by atoms with van der Waals surface area (Å²) in [6, 6.07) is 6.71. The third-order valence-corrected chi connectivity index (χ3v) is 4.90. The van der Waals surface area contributed by atoms with Crippen molar-refractivity contribution in [1.29, 1.82) is 0 Å². The Kier molecular flexibility index (Phi) is 4.77. The van der Waals surface area contributed by atoms with Gasteiger partial charge in [-0.25, -0.2) is 13.1 Å². The summed E-state index contributed by atoms with van der Waals surface area (Å²) in [6.45, 7) is 3.32. The van der Waals surface area contributed by atoms with Crippen molar-refractivity contribution in [2.75, 3.05) is 19.6 Å². The first-order chi connectivity index (χ1) is 9.49. The van der Waals surface area contributed by atoms with E-state index in [-0.39, 0.29) is 17.3 Å². The Balaban J connectivity index is 1.89. The van der Waals surface area contributed by atoms with Gasteiger partial charge in [-0.2, -0.15) is 0 Å². The molecule has 1 aromatic carbocycles. The van der Waals surface area contributed by atoms with Gasteiger partial charge < -0.3 is 4.90 Å². The van der Waals surface area contributed by atoms with Crippen molar-refractivity contribution >= 4 is 15.9 Å². The fourth-order valence-electron chi connectivity index (χ4n) is 2.21. The maximum Gasteiger partial charge on any atom is 0.240 e. The van der Waals surface area contributed by atoms with Gasteiger partial charge in [-0.15, -0.1) is 0 Å². The summed E-state index contributed by atoms with van der Waals surface area (Å²) in [5.74, 6) is 0.116. The van der Waals surface area contributed by atoms with E-state index in [0.29, 0.717) is 13.0 Å². The molecule has 0 saturated carbocycles. The molecule has 0 aliphatic carbocycles. The van der Waals surface area contributed by atoms with Crippen LogP contribution in [-0.4, -0.2) is 38.9 Å². The lowest BCUT2D eigenvalue weighted by Crippen LogP contribution is -2.41. The number of piperidine rings is 1. The van der Waals surface area contributed by atoms with Gasteiger partial charge in [0.05, 0.1) is 4.90 Å². The Bertz CT molecular complexity index is 567. The highest BCUT2D eigenvalue weighted by molar-refractivity contribution is 7.89. The second-order valence-corrected chi connectivity index (χ2v) is 6.82. The Morgan fingerprint density at radius 3 is 2.55 bits per heavy atom. The van der Waals surface area contributed by atoms with Crippen LogP contribution in [0.3, 0.4) is 0 Å². The Morgan fingerprint density at radius 2 is 1.90 bits per heavy atom. The summed E-state index contributed by atoms with van der Waals surface area (Å²) in [5.41, 5.74) is 1.02. The van der Waals surface area contributed by atoms with Gasteiger partial charge in [-0.3, -0.25) is 4.79 Å². The smallest absolute Gasteiger partial charge is 0.240 e. The molecule has 0 atom stereocenters. The number of nitrogens with zero attached hydrogens (tertiary/aromatic N) is 1. The molecule has 2 rings (SSSR count). The number of carbonyl (C=O) groups excluding carboxylic acids is 1. The SMILES string of the molecule is Cc1ccc(S(=O)(=O)NCCN2CCCCC2=O)cc1. The highest BCUT2D eigenvalue weighted by atomic mass is 32.2. The van der Waals surface area contributed by atoms with Gasteiger partial charge in [0.1, 0.15) is 0 Å². The number of likely N-dealkylation sites (tertiary alicyclic amines) is 1. The van der Waals surface area contributed by atoms with Gasteiger partial charge in [-0.05, 0) is 31.9 Å². The molecule has 110 valence electrons. The van der Waals surface area contributed by atoms with Crippen molar-refractivity contribution in [2.24, 2.45) is 0 Å². The van der Waals surface area contributed by atoms with Gasteiger partial charge in [-0.1, -0.05) is 17.7 Å². The quantitative estimate of drug-likeness (QED) is 0.890. The minimum atomic E-state index is -3.48. The predicted molar refractivity (Wildman–Crippen MR) is 76.8 cm³/mol. The fourth-order valence-corrected chi connectivity index (χ4v) is 3.23. The summed E-state index contributed by atoms with van der Waals surface area (Å²) in [7, 11) is -3.48. The number of sulfonamides is 1.